The Morgan fingerprint density at radius 3 is 2.81 bits per heavy atom. The highest BCUT2D eigenvalue weighted by Crippen LogP contribution is 2.25. The number of aryl methyl sites for hydroxylation is 2. The molecule has 21 heavy (non-hydrogen) atoms. The summed E-state index contributed by atoms with van der Waals surface area (Å²) in [5.41, 5.74) is 2.50. The minimum Gasteiger partial charge on any atom is -0.316 e. The zero-order valence-electron chi connectivity index (χ0n) is 12.6. The van der Waals surface area contributed by atoms with Crippen LogP contribution < -0.4 is 10.0 Å². The molecule has 1 aliphatic heterocycles. The molecule has 5 heteroatoms. The Bertz CT molecular complexity index is 607. The van der Waals surface area contributed by atoms with Crippen molar-refractivity contribution in [2.24, 2.45) is 5.92 Å². The molecule has 4 nitrogen and oxygen atoms in total. The summed E-state index contributed by atoms with van der Waals surface area (Å²) in [5, 5.41) is 3.34. The second-order valence-corrected chi connectivity index (χ2v) is 8.01. The van der Waals surface area contributed by atoms with Gasteiger partial charge in [0, 0.05) is 6.04 Å². The molecule has 0 radical (unpaired) electrons. The van der Waals surface area contributed by atoms with E-state index in [1.54, 1.807) is 6.07 Å². The van der Waals surface area contributed by atoms with Crippen LogP contribution in [0.5, 0.6) is 0 Å². The van der Waals surface area contributed by atoms with Crippen molar-refractivity contribution in [1.29, 1.82) is 0 Å². The molecule has 1 fully saturated rings. The fraction of sp³-hybridized carbons (Fsp3) is 0.625. The molecule has 1 aromatic rings. The second kappa shape index (κ2) is 6.07. The highest BCUT2D eigenvalue weighted by atomic mass is 32.2. The molecule has 0 bridgehead atoms. The first-order valence-corrected chi connectivity index (χ1v) is 9.39. The number of hydrogen-bond acceptors (Lipinski definition) is 3. The van der Waals surface area contributed by atoms with Gasteiger partial charge >= 0.3 is 0 Å². The maximum atomic E-state index is 12.6. The standard InChI is InChI=1S/C16H24N2O2S/c1-12(15-6-3-9-17-11-15)18-21(19,20)16-8-7-13-4-2-5-14(13)10-16/h7-8,10,12,15,17-18H,2-6,9,11H2,1H3. The number of hydrogen-bond donors (Lipinski definition) is 2. The van der Waals surface area contributed by atoms with Gasteiger partial charge in [-0.25, -0.2) is 13.1 Å². The van der Waals surface area contributed by atoms with Gasteiger partial charge in [0.25, 0.3) is 0 Å². The number of fused-ring (bicyclic) bond motifs is 1. The SMILES string of the molecule is CC(NS(=O)(=O)c1ccc2c(c1)CCC2)C1CCCNC1. The fourth-order valence-electron chi connectivity index (χ4n) is 3.43. The third-order valence-electron chi connectivity index (χ3n) is 4.76. The van der Waals surface area contributed by atoms with Gasteiger partial charge < -0.3 is 5.32 Å². The van der Waals surface area contributed by atoms with Gasteiger partial charge in [0.1, 0.15) is 0 Å². The molecule has 2 atom stereocenters. The lowest BCUT2D eigenvalue weighted by Crippen LogP contribution is -2.44. The predicted octanol–water partition coefficient (Wildman–Crippen LogP) is 1.84. The number of sulfonamides is 1. The maximum Gasteiger partial charge on any atom is 0.240 e. The van der Waals surface area contributed by atoms with Gasteiger partial charge in [-0.15, -0.1) is 0 Å². The molecular formula is C16H24N2O2S. The van der Waals surface area contributed by atoms with Crippen molar-refractivity contribution >= 4 is 10.0 Å². The summed E-state index contributed by atoms with van der Waals surface area (Å²) in [6.45, 7) is 3.91. The zero-order valence-corrected chi connectivity index (χ0v) is 13.4. The largest absolute Gasteiger partial charge is 0.316 e. The number of piperidine rings is 1. The first-order chi connectivity index (χ1) is 10.1. The molecule has 1 saturated heterocycles. The molecule has 1 aromatic carbocycles. The lowest BCUT2D eigenvalue weighted by atomic mass is 9.94. The molecule has 0 spiro atoms. The Hall–Kier alpha value is -0.910. The summed E-state index contributed by atoms with van der Waals surface area (Å²) in [6, 6.07) is 5.55. The van der Waals surface area contributed by atoms with E-state index in [0.29, 0.717) is 10.8 Å². The Kier molecular flexibility index (Phi) is 4.33. The van der Waals surface area contributed by atoms with Crippen molar-refractivity contribution in [3.05, 3.63) is 29.3 Å². The molecule has 116 valence electrons. The topological polar surface area (TPSA) is 58.2 Å². The predicted molar refractivity (Wildman–Crippen MR) is 83.8 cm³/mol. The van der Waals surface area contributed by atoms with Crippen molar-refractivity contribution in [2.75, 3.05) is 13.1 Å². The van der Waals surface area contributed by atoms with Crippen LogP contribution in [0.15, 0.2) is 23.1 Å². The van der Waals surface area contributed by atoms with Crippen LogP contribution in [-0.2, 0) is 22.9 Å². The highest BCUT2D eigenvalue weighted by Gasteiger charge is 2.25. The molecule has 0 aromatic heterocycles. The quantitative estimate of drug-likeness (QED) is 0.892. The minimum atomic E-state index is -3.41. The van der Waals surface area contributed by atoms with E-state index in [9.17, 15) is 8.42 Å². The zero-order chi connectivity index (χ0) is 14.9. The first-order valence-electron chi connectivity index (χ1n) is 7.91. The van der Waals surface area contributed by atoms with E-state index >= 15 is 0 Å². The molecule has 0 saturated carbocycles. The summed E-state index contributed by atoms with van der Waals surface area (Å²) in [5.74, 6) is 0.378. The first kappa shape index (κ1) is 15.0. The van der Waals surface area contributed by atoms with Crippen molar-refractivity contribution in [3.8, 4) is 0 Å². The van der Waals surface area contributed by atoms with Crippen LogP contribution in [0.4, 0.5) is 0 Å². The van der Waals surface area contributed by atoms with E-state index in [2.05, 4.69) is 10.0 Å². The van der Waals surface area contributed by atoms with E-state index in [-0.39, 0.29) is 6.04 Å². The van der Waals surface area contributed by atoms with Gasteiger partial charge in [-0.1, -0.05) is 6.07 Å². The van der Waals surface area contributed by atoms with Gasteiger partial charge in [0.15, 0.2) is 0 Å². The Labute approximate surface area is 127 Å². The Morgan fingerprint density at radius 2 is 2.05 bits per heavy atom. The number of benzene rings is 1. The fourth-order valence-corrected chi connectivity index (χ4v) is 4.79. The molecular weight excluding hydrogens is 284 g/mol. The van der Waals surface area contributed by atoms with Crippen molar-refractivity contribution in [2.45, 2.75) is 50.0 Å². The summed E-state index contributed by atoms with van der Waals surface area (Å²) < 4.78 is 28.0. The average molecular weight is 308 g/mol. The molecule has 3 rings (SSSR count). The molecule has 1 aliphatic carbocycles. The molecule has 2 N–H and O–H groups in total. The van der Waals surface area contributed by atoms with Crippen LogP contribution in [-0.4, -0.2) is 27.5 Å². The van der Waals surface area contributed by atoms with Gasteiger partial charge in [-0.3, -0.25) is 0 Å². The van der Waals surface area contributed by atoms with Crippen LogP contribution >= 0.6 is 0 Å². The molecule has 2 aliphatic rings. The van der Waals surface area contributed by atoms with Crippen molar-refractivity contribution in [3.63, 3.8) is 0 Å². The third-order valence-corrected chi connectivity index (χ3v) is 6.32. The summed E-state index contributed by atoms with van der Waals surface area (Å²) >= 11 is 0. The van der Waals surface area contributed by atoms with Crippen LogP contribution in [0.25, 0.3) is 0 Å². The highest BCUT2D eigenvalue weighted by molar-refractivity contribution is 7.89. The van der Waals surface area contributed by atoms with Gasteiger partial charge in [-0.05, 0) is 81.3 Å². The third kappa shape index (κ3) is 3.30. The monoisotopic (exact) mass is 308 g/mol. The van der Waals surface area contributed by atoms with Crippen molar-refractivity contribution in [1.82, 2.24) is 10.0 Å². The summed E-state index contributed by atoms with van der Waals surface area (Å²) in [4.78, 5) is 0.416. The summed E-state index contributed by atoms with van der Waals surface area (Å²) in [7, 11) is -3.41. The smallest absolute Gasteiger partial charge is 0.240 e. The van der Waals surface area contributed by atoms with E-state index in [1.165, 1.54) is 11.1 Å². The van der Waals surface area contributed by atoms with Gasteiger partial charge in [-0.2, -0.15) is 0 Å². The summed E-state index contributed by atoms with van der Waals surface area (Å²) in [6.07, 6.45) is 5.42. The lowest BCUT2D eigenvalue weighted by molar-refractivity contribution is 0.320. The van der Waals surface area contributed by atoms with Crippen LogP contribution in [0.1, 0.15) is 37.3 Å². The second-order valence-electron chi connectivity index (χ2n) is 6.30. The number of rotatable bonds is 4. The average Bonchev–Trinajstić information content (AvgIpc) is 2.95. The lowest BCUT2D eigenvalue weighted by Gasteiger charge is -2.28. The normalized spacial score (nSPS) is 23.8. The van der Waals surface area contributed by atoms with E-state index < -0.39 is 10.0 Å². The molecule has 0 amide bonds. The van der Waals surface area contributed by atoms with E-state index in [4.69, 9.17) is 0 Å². The maximum absolute atomic E-state index is 12.6. The Morgan fingerprint density at radius 1 is 1.24 bits per heavy atom. The van der Waals surface area contributed by atoms with Gasteiger partial charge in [0.05, 0.1) is 4.90 Å². The van der Waals surface area contributed by atoms with Crippen LogP contribution in [0.2, 0.25) is 0 Å². The van der Waals surface area contributed by atoms with Crippen LogP contribution in [0.3, 0.4) is 0 Å². The van der Waals surface area contributed by atoms with Crippen LogP contribution in [0, 0.1) is 5.92 Å². The Balaban J connectivity index is 1.74. The van der Waals surface area contributed by atoms with Gasteiger partial charge in [0.2, 0.25) is 10.0 Å². The van der Waals surface area contributed by atoms with Crippen molar-refractivity contribution < 1.29 is 8.42 Å². The molecule has 2 unspecified atom stereocenters. The number of nitrogens with one attached hydrogen (secondary N) is 2. The van der Waals surface area contributed by atoms with E-state index in [1.807, 2.05) is 19.1 Å². The van der Waals surface area contributed by atoms with E-state index in [0.717, 1.165) is 45.2 Å². The molecule has 1 heterocycles. The minimum absolute atomic E-state index is 0.0314.